The molecule has 0 aliphatic carbocycles. The van der Waals surface area contributed by atoms with Crippen LogP contribution in [0.3, 0.4) is 0 Å². The third kappa shape index (κ3) is 4.16. The molecule has 1 aliphatic heterocycles. The molecule has 0 unspecified atom stereocenters. The quantitative estimate of drug-likeness (QED) is 0.589. The number of ether oxygens (including phenoxy) is 1. The van der Waals surface area contributed by atoms with Crippen LogP contribution >= 0.6 is 11.6 Å². The molecule has 0 spiro atoms. The molecule has 1 heterocycles. The summed E-state index contributed by atoms with van der Waals surface area (Å²) in [5, 5.41) is 3.17. The molecular formula is C16H21ClN4O2. The van der Waals surface area contributed by atoms with Gasteiger partial charge < -0.3 is 20.7 Å². The zero-order chi connectivity index (χ0) is 16.8. The number of likely N-dealkylation sites (N-methyl/N-ethyl adjacent to an activating group) is 1. The number of halogens is 1. The van der Waals surface area contributed by atoms with Crippen LogP contribution in [-0.4, -0.2) is 49.4 Å². The van der Waals surface area contributed by atoms with Crippen LogP contribution in [0.1, 0.15) is 17.3 Å². The maximum atomic E-state index is 12.5. The molecular weight excluding hydrogens is 316 g/mol. The molecule has 0 atom stereocenters. The Balaban J connectivity index is 2.11. The number of nitrogens with one attached hydrogen (secondary N) is 1. The van der Waals surface area contributed by atoms with Gasteiger partial charge in [-0.1, -0.05) is 24.3 Å². The minimum absolute atomic E-state index is 0.275. The summed E-state index contributed by atoms with van der Waals surface area (Å²) in [6, 6.07) is 3.06. The zero-order valence-corrected chi connectivity index (χ0v) is 13.9. The molecule has 1 aliphatic rings. The van der Waals surface area contributed by atoms with Crippen LogP contribution in [0.4, 0.5) is 5.69 Å². The van der Waals surface area contributed by atoms with Crippen LogP contribution in [0.25, 0.3) is 0 Å². The van der Waals surface area contributed by atoms with Crippen molar-refractivity contribution in [1.82, 2.24) is 10.2 Å². The summed E-state index contributed by atoms with van der Waals surface area (Å²) in [6.45, 7) is 8.83. The number of nitrogens with two attached hydrogens (primary N) is 1. The smallest absolute Gasteiger partial charge is 0.255 e. The molecule has 6 nitrogen and oxygen atoms in total. The number of amides is 1. The Morgan fingerprint density at radius 2 is 2.39 bits per heavy atom. The van der Waals surface area contributed by atoms with Gasteiger partial charge in [-0.15, -0.1) is 0 Å². The molecule has 1 amide bonds. The van der Waals surface area contributed by atoms with E-state index in [1.54, 1.807) is 12.1 Å². The lowest BCUT2D eigenvalue weighted by molar-refractivity contribution is 0.0955. The highest BCUT2D eigenvalue weighted by Crippen LogP contribution is 2.29. The van der Waals surface area contributed by atoms with Crippen molar-refractivity contribution in [1.29, 1.82) is 0 Å². The molecule has 0 radical (unpaired) electrons. The highest BCUT2D eigenvalue weighted by Gasteiger charge is 2.19. The molecule has 2 rings (SSSR count). The second-order valence-electron chi connectivity index (χ2n) is 5.03. The Morgan fingerprint density at radius 3 is 3.09 bits per heavy atom. The molecule has 0 saturated heterocycles. The molecule has 0 saturated carbocycles. The van der Waals surface area contributed by atoms with E-state index in [0.717, 1.165) is 25.5 Å². The van der Waals surface area contributed by atoms with Gasteiger partial charge in [0.05, 0.1) is 29.4 Å². The molecule has 7 heteroatoms. The van der Waals surface area contributed by atoms with E-state index in [2.05, 4.69) is 28.7 Å². The maximum Gasteiger partial charge on any atom is 0.255 e. The van der Waals surface area contributed by atoms with Crippen molar-refractivity contribution in [3.05, 3.63) is 35.4 Å². The highest BCUT2D eigenvalue weighted by molar-refractivity contribution is 6.33. The van der Waals surface area contributed by atoms with Crippen LogP contribution in [0.5, 0.6) is 5.75 Å². The summed E-state index contributed by atoms with van der Waals surface area (Å²) >= 11 is 6.02. The summed E-state index contributed by atoms with van der Waals surface area (Å²) in [5.41, 5.74) is 6.48. The van der Waals surface area contributed by atoms with Gasteiger partial charge in [0, 0.05) is 19.2 Å². The number of benzene rings is 1. The fraction of sp³-hybridized carbons (Fsp3) is 0.375. The van der Waals surface area contributed by atoms with Gasteiger partial charge in [0.1, 0.15) is 18.2 Å². The van der Waals surface area contributed by atoms with Crippen molar-refractivity contribution >= 4 is 29.0 Å². The van der Waals surface area contributed by atoms with Gasteiger partial charge in [0.15, 0.2) is 0 Å². The highest BCUT2D eigenvalue weighted by atomic mass is 35.5. The first-order valence-corrected chi connectivity index (χ1v) is 7.83. The first kappa shape index (κ1) is 17.1. The van der Waals surface area contributed by atoms with Gasteiger partial charge in [0.25, 0.3) is 5.91 Å². The van der Waals surface area contributed by atoms with Crippen LogP contribution in [0, 0.1) is 0 Å². The van der Waals surface area contributed by atoms with E-state index >= 15 is 0 Å². The van der Waals surface area contributed by atoms with Crippen LogP contribution in [0.15, 0.2) is 29.8 Å². The summed E-state index contributed by atoms with van der Waals surface area (Å²) < 4.78 is 5.50. The van der Waals surface area contributed by atoms with Gasteiger partial charge in [-0.05, 0) is 13.0 Å². The van der Waals surface area contributed by atoms with Gasteiger partial charge in [-0.3, -0.25) is 9.79 Å². The third-order valence-corrected chi connectivity index (χ3v) is 3.85. The maximum absolute atomic E-state index is 12.5. The van der Waals surface area contributed by atoms with E-state index in [1.807, 2.05) is 0 Å². The predicted molar refractivity (Wildman–Crippen MR) is 93.4 cm³/mol. The number of hydrogen-bond donors (Lipinski definition) is 2. The number of nitrogens with zero attached hydrogens (tertiary/aromatic N) is 2. The molecule has 1 aromatic carbocycles. The van der Waals surface area contributed by atoms with Crippen molar-refractivity contribution in [2.75, 3.05) is 38.5 Å². The fourth-order valence-electron chi connectivity index (χ4n) is 2.31. The van der Waals surface area contributed by atoms with E-state index < -0.39 is 0 Å². The number of carbonyl (C=O) groups is 1. The topological polar surface area (TPSA) is 79.9 Å². The van der Waals surface area contributed by atoms with E-state index in [9.17, 15) is 4.79 Å². The predicted octanol–water partition coefficient (Wildman–Crippen LogP) is 1.95. The Labute approximate surface area is 141 Å². The zero-order valence-electron chi connectivity index (χ0n) is 13.1. The van der Waals surface area contributed by atoms with Gasteiger partial charge in [0.2, 0.25) is 0 Å². The SMILES string of the molecule is C=CCOc1cc(N)c(Cl)cc1C(=O)NCC1=NCCN1CC. The Kier molecular flexibility index (Phi) is 5.87. The molecule has 0 bridgehead atoms. The summed E-state index contributed by atoms with van der Waals surface area (Å²) in [7, 11) is 0. The fourth-order valence-corrected chi connectivity index (χ4v) is 2.47. The second-order valence-corrected chi connectivity index (χ2v) is 5.44. The number of amidine groups is 1. The number of rotatable bonds is 7. The third-order valence-electron chi connectivity index (χ3n) is 3.52. The lowest BCUT2D eigenvalue weighted by Crippen LogP contribution is -2.38. The average molecular weight is 337 g/mol. The van der Waals surface area contributed by atoms with E-state index in [4.69, 9.17) is 22.1 Å². The van der Waals surface area contributed by atoms with Gasteiger partial charge in [-0.2, -0.15) is 0 Å². The minimum Gasteiger partial charge on any atom is -0.489 e. The Hall–Kier alpha value is -2.21. The van der Waals surface area contributed by atoms with E-state index in [1.165, 1.54) is 6.07 Å². The largest absolute Gasteiger partial charge is 0.489 e. The lowest BCUT2D eigenvalue weighted by Gasteiger charge is -2.18. The Bertz CT molecular complexity index is 631. The van der Waals surface area contributed by atoms with Crippen molar-refractivity contribution < 1.29 is 9.53 Å². The lowest BCUT2D eigenvalue weighted by atomic mass is 10.1. The molecule has 23 heavy (non-hydrogen) atoms. The van der Waals surface area contributed by atoms with Crippen molar-refractivity contribution in [2.24, 2.45) is 4.99 Å². The average Bonchev–Trinajstić information content (AvgIpc) is 3.00. The standard InChI is InChI=1S/C16H21ClN4O2/c1-3-7-23-14-9-13(18)12(17)8-11(14)16(22)20-10-15-19-5-6-21(15)4-2/h3,8-9H,1,4-7,10,18H2,2H3,(H,20,22). The van der Waals surface area contributed by atoms with Crippen molar-refractivity contribution in [2.45, 2.75) is 6.92 Å². The normalized spacial score (nSPS) is 13.7. The Morgan fingerprint density at radius 1 is 1.61 bits per heavy atom. The van der Waals surface area contributed by atoms with Crippen LogP contribution in [0.2, 0.25) is 5.02 Å². The molecule has 0 aromatic heterocycles. The summed E-state index contributed by atoms with van der Waals surface area (Å²) in [5.74, 6) is 0.984. The first-order chi connectivity index (χ1) is 11.1. The number of aliphatic imine (C=N–C) groups is 1. The first-order valence-electron chi connectivity index (χ1n) is 7.46. The van der Waals surface area contributed by atoms with Crippen molar-refractivity contribution in [3.63, 3.8) is 0 Å². The molecule has 1 aromatic rings. The van der Waals surface area contributed by atoms with E-state index in [-0.39, 0.29) is 12.5 Å². The van der Waals surface area contributed by atoms with E-state index in [0.29, 0.717) is 28.6 Å². The monoisotopic (exact) mass is 336 g/mol. The number of carbonyl (C=O) groups excluding carboxylic acids is 1. The molecule has 124 valence electrons. The summed E-state index contributed by atoms with van der Waals surface area (Å²) in [6.07, 6.45) is 1.60. The number of anilines is 1. The van der Waals surface area contributed by atoms with Crippen LogP contribution < -0.4 is 15.8 Å². The molecule has 3 N–H and O–H groups in total. The number of nitrogen functional groups attached to an aromatic ring is 1. The van der Waals surface area contributed by atoms with Gasteiger partial charge >= 0.3 is 0 Å². The van der Waals surface area contributed by atoms with Gasteiger partial charge in [-0.25, -0.2) is 0 Å². The van der Waals surface area contributed by atoms with Crippen LogP contribution in [-0.2, 0) is 0 Å². The number of hydrogen-bond acceptors (Lipinski definition) is 5. The molecule has 0 fully saturated rings. The second kappa shape index (κ2) is 7.87. The minimum atomic E-state index is -0.281. The van der Waals surface area contributed by atoms with Crippen molar-refractivity contribution in [3.8, 4) is 5.75 Å². The summed E-state index contributed by atoms with van der Waals surface area (Å²) in [4.78, 5) is 19.0.